The molecule has 4 heterocycles. The summed E-state index contributed by atoms with van der Waals surface area (Å²) in [5, 5.41) is 3.95. The molecule has 1 aromatic carbocycles. The maximum Gasteiger partial charge on any atom is 0.273 e. The first kappa shape index (κ1) is 18.7. The number of aromatic nitrogens is 4. The molecule has 1 saturated heterocycles. The number of carbonyl (C=O) groups is 1. The van der Waals surface area contributed by atoms with Crippen molar-refractivity contribution in [2.45, 2.75) is 13.5 Å². The van der Waals surface area contributed by atoms with Gasteiger partial charge in [0.05, 0.1) is 5.69 Å². The summed E-state index contributed by atoms with van der Waals surface area (Å²) in [6.45, 7) is 5.70. The number of para-hydroxylation sites is 1. The van der Waals surface area contributed by atoms with Crippen LogP contribution in [0.2, 0.25) is 0 Å². The molecule has 0 N–H and O–H groups in total. The summed E-state index contributed by atoms with van der Waals surface area (Å²) in [5.41, 5.74) is 2.78. The van der Waals surface area contributed by atoms with Crippen molar-refractivity contribution in [3.63, 3.8) is 0 Å². The van der Waals surface area contributed by atoms with Crippen LogP contribution in [0.1, 0.15) is 17.4 Å². The average Bonchev–Trinajstić information content (AvgIpc) is 3.44. The predicted octanol–water partition coefficient (Wildman–Crippen LogP) is 3.54. The van der Waals surface area contributed by atoms with Crippen LogP contribution in [0, 0.1) is 0 Å². The van der Waals surface area contributed by atoms with Crippen molar-refractivity contribution in [1.29, 1.82) is 0 Å². The van der Waals surface area contributed by atoms with E-state index < -0.39 is 0 Å². The summed E-state index contributed by atoms with van der Waals surface area (Å²) in [6, 6.07) is 12.3. The van der Waals surface area contributed by atoms with Crippen molar-refractivity contribution in [1.82, 2.24) is 24.4 Å². The van der Waals surface area contributed by atoms with Crippen LogP contribution in [0.25, 0.3) is 21.6 Å². The minimum absolute atomic E-state index is 0.00899. The highest BCUT2D eigenvalue weighted by Crippen LogP contribution is 2.30. The Labute approximate surface area is 178 Å². The van der Waals surface area contributed by atoms with E-state index in [4.69, 9.17) is 4.98 Å². The number of benzene rings is 1. The normalized spacial score (nSPS) is 14.4. The van der Waals surface area contributed by atoms with Crippen LogP contribution < -0.4 is 4.90 Å². The molecule has 1 aliphatic rings. The summed E-state index contributed by atoms with van der Waals surface area (Å²) in [5.74, 6) is 0.707. The zero-order valence-corrected chi connectivity index (χ0v) is 17.5. The Morgan fingerprint density at radius 1 is 1.07 bits per heavy atom. The predicted molar refractivity (Wildman–Crippen MR) is 119 cm³/mol. The van der Waals surface area contributed by atoms with Crippen molar-refractivity contribution in [2.75, 3.05) is 31.1 Å². The van der Waals surface area contributed by atoms with E-state index in [1.807, 2.05) is 16.3 Å². The Hall–Kier alpha value is -3.26. The largest absolute Gasteiger partial charge is 0.339 e. The van der Waals surface area contributed by atoms with Gasteiger partial charge in [0.2, 0.25) is 5.95 Å². The Kier molecular flexibility index (Phi) is 4.92. The zero-order valence-electron chi connectivity index (χ0n) is 16.7. The fourth-order valence-electron chi connectivity index (χ4n) is 3.94. The van der Waals surface area contributed by atoms with E-state index in [0.29, 0.717) is 24.7 Å². The first-order valence-corrected chi connectivity index (χ1v) is 11.0. The molecule has 5 rings (SSSR count). The quantitative estimate of drug-likeness (QED) is 0.507. The number of thiazole rings is 1. The Morgan fingerprint density at radius 2 is 1.83 bits per heavy atom. The molecule has 8 heteroatoms. The molecule has 1 fully saturated rings. The van der Waals surface area contributed by atoms with Crippen LogP contribution in [0.5, 0.6) is 0 Å². The van der Waals surface area contributed by atoms with Crippen LogP contribution in [0.15, 0.2) is 54.2 Å². The van der Waals surface area contributed by atoms with Gasteiger partial charge in [0, 0.05) is 61.4 Å². The lowest BCUT2D eigenvalue weighted by atomic mass is 10.2. The van der Waals surface area contributed by atoms with Gasteiger partial charge in [0.1, 0.15) is 10.7 Å². The summed E-state index contributed by atoms with van der Waals surface area (Å²) in [4.78, 5) is 30.3. The molecule has 0 bridgehead atoms. The standard InChI is InChI=1S/C22H22N6OS/c1-2-28-18-7-4-3-6-16(18)14-19(28)20-25-17(15-30-20)21(29)26-10-12-27(13-11-26)22-23-8-5-9-24-22/h3-9,14-15H,2,10-13H2,1H3. The molecule has 7 nitrogen and oxygen atoms in total. The Morgan fingerprint density at radius 3 is 2.60 bits per heavy atom. The fraction of sp³-hybridized carbons (Fsp3) is 0.273. The number of piperazine rings is 1. The number of nitrogens with zero attached hydrogens (tertiary/aromatic N) is 6. The van der Waals surface area contributed by atoms with E-state index in [1.54, 1.807) is 18.5 Å². The van der Waals surface area contributed by atoms with Crippen LogP contribution in [0.3, 0.4) is 0 Å². The second-order valence-corrected chi connectivity index (χ2v) is 8.06. The molecule has 1 aliphatic heterocycles. The van der Waals surface area contributed by atoms with E-state index in [-0.39, 0.29) is 5.91 Å². The van der Waals surface area contributed by atoms with Gasteiger partial charge >= 0.3 is 0 Å². The second-order valence-electron chi connectivity index (χ2n) is 7.20. The molecule has 30 heavy (non-hydrogen) atoms. The maximum absolute atomic E-state index is 13.0. The summed E-state index contributed by atoms with van der Waals surface area (Å²) in [7, 11) is 0. The SMILES string of the molecule is CCn1c(-c2nc(C(=O)N3CCN(c4ncccn4)CC3)cs2)cc2ccccc21. The van der Waals surface area contributed by atoms with Gasteiger partial charge in [0.25, 0.3) is 5.91 Å². The number of rotatable bonds is 4. The van der Waals surface area contributed by atoms with Crippen LogP contribution in [-0.4, -0.2) is 56.5 Å². The van der Waals surface area contributed by atoms with Crippen molar-refractivity contribution < 1.29 is 4.79 Å². The lowest BCUT2D eigenvalue weighted by molar-refractivity contribution is 0.0741. The molecule has 1 amide bonds. The molecule has 0 aliphatic carbocycles. The number of fused-ring (bicyclic) bond motifs is 1. The molecule has 0 spiro atoms. The smallest absolute Gasteiger partial charge is 0.273 e. The van der Waals surface area contributed by atoms with E-state index >= 15 is 0 Å². The first-order chi connectivity index (χ1) is 14.7. The van der Waals surface area contributed by atoms with E-state index in [1.165, 1.54) is 22.2 Å². The van der Waals surface area contributed by atoms with E-state index in [9.17, 15) is 4.79 Å². The molecular weight excluding hydrogens is 396 g/mol. The molecule has 3 aromatic heterocycles. The minimum Gasteiger partial charge on any atom is -0.339 e. The monoisotopic (exact) mass is 418 g/mol. The number of anilines is 1. The third-order valence-corrected chi connectivity index (χ3v) is 6.34. The highest BCUT2D eigenvalue weighted by atomic mass is 32.1. The number of hydrogen-bond donors (Lipinski definition) is 0. The highest BCUT2D eigenvalue weighted by molar-refractivity contribution is 7.13. The summed E-state index contributed by atoms with van der Waals surface area (Å²) in [6.07, 6.45) is 3.48. The summed E-state index contributed by atoms with van der Waals surface area (Å²) >= 11 is 1.53. The number of amides is 1. The Bertz CT molecular complexity index is 1180. The number of aryl methyl sites for hydroxylation is 1. The molecule has 4 aromatic rings. The van der Waals surface area contributed by atoms with E-state index in [2.05, 4.69) is 50.6 Å². The first-order valence-electron chi connectivity index (χ1n) is 10.1. The van der Waals surface area contributed by atoms with Crippen molar-refractivity contribution >= 4 is 34.1 Å². The topological polar surface area (TPSA) is 67.2 Å². The fourth-order valence-corrected chi connectivity index (χ4v) is 4.76. The van der Waals surface area contributed by atoms with Crippen LogP contribution >= 0.6 is 11.3 Å². The summed E-state index contributed by atoms with van der Waals surface area (Å²) < 4.78 is 2.25. The van der Waals surface area contributed by atoms with Crippen LogP contribution in [0.4, 0.5) is 5.95 Å². The van der Waals surface area contributed by atoms with Gasteiger partial charge in [-0.15, -0.1) is 11.3 Å². The minimum atomic E-state index is -0.00899. The second kappa shape index (κ2) is 7.87. The van der Waals surface area contributed by atoms with Gasteiger partial charge in [0.15, 0.2) is 0 Å². The van der Waals surface area contributed by atoms with Crippen molar-refractivity contribution in [2.24, 2.45) is 0 Å². The molecule has 0 unspecified atom stereocenters. The van der Waals surface area contributed by atoms with Crippen LogP contribution in [-0.2, 0) is 6.54 Å². The Balaban J connectivity index is 1.33. The van der Waals surface area contributed by atoms with Crippen molar-refractivity contribution in [3.8, 4) is 10.7 Å². The van der Waals surface area contributed by atoms with Gasteiger partial charge in [-0.2, -0.15) is 0 Å². The molecule has 0 saturated carbocycles. The molecule has 152 valence electrons. The van der Waals surface area contributed by atoms with Gasteiger partial charge in [-0.3, -0.25) is 4.79 Å². The number of hydrogen-bond acceptors (Lipinski definition) is 6. The van der Waals surface area contributed by atoms with Gasteiger partial charge in [-0.25, -0.2) is 15.0 Å². The van der Waals surface area contributed by atoms with Crippen molar-refractivity contribution in [3.05, 3.63) is 59.9 Å². The molecule has 0 atom stereocenters. The highest BCUT2D eigenvalue weighted by Gasteiger charge is 2.25. The van der Waals surface area contributed by atoms with E-state index in [0.717, 1.165) is 30.3 Å². The maximum atomic E-state index is 13.0. The zero-order chi connectivity index (χ0) is 20.5. The van der Waals surface area contributed by atoms with Gasteiger partial charge in [-0.1, -0.05) is 18.2 Å². The third kappa shape index (κ3) is 3.33. The lowest BCUT2D eigenvalue weighted by Crippen LogP contribution is -2.49. The van der Waals surface area contributed by atoms with Gasteiger partial charge < -0.3 is 14.4 Å². The third-order valence-electron chi connectivity index (χ3n) is 5.47. The molecule has 0 radical (unpaired) electrons. The number of carbonyl (C=O) groups excluding carboxylic acids is 1. The molecular formula is C22H22N6OS. The average molecular weight is 419 g/mol. The van der Waals surface area contributed by atoms with Gasteiger partial charge in [-0.05, 0) is 25.1 Å². The lowest BCUT2D eigenvalue weighted by Gasteiger charge is -2.34.